The van der Waals surface area contributed by atoms with E-state index in [1.165, 1.54) is 0 Å². The summed E-state index contributed by atoms with van der Waals surface area (Å²) in [5.41, 5.74) is 0. The lowest BCUT2D eigenvalue weighted by Crippen LogP contribution is -2.41. The molecule has 4 atom stereocenters. The number of aliphatic hydroxyl groups excluding tert-OH is 2. The summed E-state index contributed by atoms with van der Waals surface area (Å²) in [4.78, 5) is 0. The van der Waals surface area contributed by atoms with Gasteiger partial charge >= 0.3 is 0 Å². The van der Waals surface area contributed by atoms with Crippen LogP contribution in [0.3, 0.4) is 0 Å². The Labute approximate surface area is 72.9 Å². The Morgan fingerprint density at radius 3 is 1.67 bits per heavy atom. The summed E-state index contributed by atoms with van der Waals surface area (Å²) in [5, 5.41) is 19.4. The molecule has 0 bridgehead atoms. The summed E-state index contributed by atoms with van der Waals surface area (Å²) in [6.45, 7) is 0. The number of rotatable bonds is 0. The summed E-state index contributed by atoms with van der Waals surface area (Å²) in [6, 6.07) is 0. The van der Waals surface area contributed by atoms with Crippen molar-refractivity contribution in [3.8, 4) is 0 Å². The first-order valence-corrected chi connectivity index (χ1v) is 4.80. The van der Waals surface area contributed by atoms with E-state index in [9.17, 15) is 10.2 Å². The van der Waals surface area contributed by atoms with Crippen molar-refractivity contribution in [1.82, 2.24) is 0 Å². The SMILES string of the molecule is O[C@@H]1CC[C@H](O)[C@@H]2CC=CC[C@@H]21. The Kier molecular flexibility index (Phi) is 2.20. The normalized spacial score (nSPS) is 47.2. The number of fused-ring (bicyclic) bond motifs is 1. The predicted octanol–water partition coefficient (Wildman–Crippen LogP) is 1.08. The largest absolute Gasteiger partial charge is 0.393 e. The Hall–Kier alpha value is -0.340. The van der Waals surface area contributed by atoms with Crippen LogP contribution in [0.1, 0.15) is 25.7 Å². The smallest absolute Gasteiger partial charge is 0.0576 e. The molecule has 1 saturated carbocycles. The number of hydrogen-bond acceptors (Lipinski definition) is 2. The van der Waals surface area contributed by atoms with Crippen molar-refractivity contribution in [2.45, 2.75) is 37.9 Å². The Morgan fingerprint density at radius 2 is 1.25 bits per heavy atom. The van der Waals surface area contributed by atoms with Crippen LogP contribution in [-0.4, -0.2) is 22.4 Å². The molecule has 0 aliphatic heterocycles. The molecule has 12 heavy (non-hydrogen) atoms. The van der Waals surface area contributed by atoms with Crippen LogP contribution in [0.5, 0.6) is 0 Å². The zero-order valence-electron chi connectivity index (χ0n) is 7.19. The summed E-state index contributed by atoms with van der Waals surface area (Å²) in [7, 11) is 0. The minimum Gasteiger partial charge on any atom is -0.393 e. The van der Waals surface area contributed by atoms with Gasteiger partial charge in [-0.1, -0.05) is 12.2 Å². The zero-order chi connectivity index (χ0) is 8.55. The molecule has 0 aromatic carbocycles. The van der Waals surface area contributed by atoms with E-state index in [2.05, 4.69) is 12.2 Å². The molecule has 0 amide bonds. The van der Waals surface area contributed by atoms with Gasteiger partial charge in [0.05, 0.1) is 12.2 Å². The van der Waals surface area contributed by atoms with Crippen molar-refractivity contribution in [2.75, 3.05) is 0 Å². The van der Waals surface area contributed by atoms with E-state index in [0.29, 0.717) is 11.8 Å². The second kappa shape index (κ2) is 3.19. The lowest BCUT2D eigenvalue weighted by Gasteiger charge is -2.39. The topological polar surface area (TPSA) is 40.5 Å². The van der Waals surface area contributed by atoms with Gasteiger partial charge in [0.25, 0.3) is 0 Å². The van der Waals surface area contributed by atoms with Gasteiger partial charge in [0, 0.05) is 0 Å². The van der Waals surface area contributed by atoms with Crippen LogP contribution < -0.4 is 0 Å². The maximum absolute atomic E-state index is 9.68. The van der Waals surface area contributed by atoms with Crippen molar-refractivity contribution >= 4 is 0 Å². The van der Waals surface area contributed by atoms with Crippen LogP contribution in [0.25, 0.3) is 0 Å². The Bertz CT molecular complexity index is 168. The highest BCUT2D eigenvalue weighted by Gasteiger charge is 2.37. The molecule has 0 radical (unpaired) electrons. The maximum atomic E-state index is 9.68. The van der Waals surface area contributed by atoms with Gasteiger partial charge in [0.1, 0.15) is 0 Å². The van der Waals surface area contributed by atoms with Crippen LogP contribution >= 0.6 is 0 Å². The van der Waals surface area contributed by atoms with Crippen molar-refractivity contribution in [3.05, 3.63) is 12.2 Å². The summed E-state index contributed by atoms with van der Waals surface area (Å²) >= 11 is 0. The van der Waals surface area contributed by atoms with E-state index < -0.39 is 0 Å². The maximum Gasteiger partial charge on any atom is 0.0576 e. The van der Waals surface area contributed by atoms with E-state index in [1.54, 1.807) is 0 Å². The monoisotopic (exact) mass is 168 g/mol. The first-order valence-electron chi connectivity index (χ1n) is 4.80. The molecule has 2 heteroatoms. The third-order valence-corrected chi connectivity index (χ3v) is 3.28. The number of hydrogen-bond donors (Lipinski definition) is 2. The molecule has 0 aromatic rings. The van der Waals surface area contributed by atoms with Crippen LogP contribution in [-0.2, 0) is 0 Å². The zero-order valence-corrected chi connectivity index (χ0v) is 7.19. The average Bonchev–Trinajstić information content (AvgIpc) is 2.12. The fraction of sp³-hybridized carbons (Fsp3) is 0.800. The van der Waals surface area contributed by atoms with Crippen LogP contribution in [0.2, 0.25) is 0 Å². The standard InChI is InChI=1S/C10H16O2/c11-9-5-6-10(12)8-4-2-1-3-7(8)9/h1-2,7-12H,3-6H2/t7-,8+,9+,10-. The third kappa shape index (κ3) is 1.29. The fourth-order valence-corrected chi connectivity index (χ4v) is 2.51. The van der Waals surface area contributed by atoms with E-state index in [4.69, 9.17) is 0 Å². The van der Waals surface area contributed by atoms with E-state index >= 15 is 0 Å². The molecule has 0 unspecified atom stereocenters. The first-order chi connectivity index (χ1) is 5.79. The Morgan fingerprint density at radius 1 is 0.833 bits per heavy atom. The minimum absolute atomic E-state index is 0.177. The van der Waals surface area contributed by atoms with Gasteiger partial charge in [-0.2, -0.15) is 0 Å². The minimum atomic E-state index is -0.177. The van der Waals surface area contributed by atoms with Crippen molar-refractivity contribution in [2.24, 2.45) is 11.8 Å². The van der Waals surface area contributed by atoms with Crippen molar-refractivity contribution in [3.63, 3.8) is 0 Å². The quantitative estimate of drug-likeness (QED) is 0.531. The van der Waals surface area contributed by atoms with Gasteiger partial charge in [0.2, 0.25) is 0 Å². The van der Waals surface area contributed by atoms with Gasteiger partial charge < -0.3 is 10.2 Å². The average molecular weight is 168 g/mol. The molecule has 0 saturated heterocycles. The first kappa shape index (κ1) is 8.27. The predicted molar refractivity (Wildman–Crippen MR) is 46.6 cm³/mol. The van der Waals surface area contributed by atoms with Crippen molar-refractivity contribution < 1.29 is 10.2 Å². The molecule has 2 aliphatic rings. The second-order valence-electron chi connectivity index (χ2n) is 3.98. The molecule has 2 rings (SSSR count). The fourth-order valence-electron chi connectivity index (χ4n) is 2.51. The highest BCUT2D eigenvalue weighted by molar-refractivity contribution is 5.00. The molecule has 2 N–H and O–H groups in total. The van der Waals surface area contributed by atoms with Gasteiger partial charge in [-0.25, -0.2) is 0 Å². The molecule has 1 fully saturated rings. The molecule has 2 aliphatic carbocycles. The Balaban J connectivity index is 2.12. The molecule has 2 nitrogen and oxygen atoms in total. The summed E-state index contributed by atoms with van der Waals surface area (Å²) in [6.07, 6.45) is 7.34. The number of aliphatic hydroxyl groups is 2. The highest BCUT2D eigenvalue weighted by Crippen LogP contribution is 2.37. The van der Waals surface area contributed by atoms with E-state index in [-0.39, 0.29) is 12.2 Å². The molecule has 0 heterocycles. The lowest BCUT2D eigenvalue weighted by atomic mass is 9.70. The van der Waals surface area contributed by atoms with Gasteiger partial charge in [-0.15, -0.1) is 0 Å². The molecule has 0 spiro atoms. The molecule has 68 valence electrons. The molecule has 0 aromatic heterocycles. The summed E-state index contributed by atoms with van der Waals surface area (Å²) in [5.74, 6) is 0.637. The second-order valence-corrected chi connectivity index (χ2v) is 3.98. The van der Waals surface area contributed by atoms with Gasteiger partial charge in [-0.05, 0) is 37.5 Å². The van der Waals surface area contributed by atoms with E-state index in [0.717, 1.165) is 25.7 Å². The third-order valence-electron chi connectivity index (χ3n) is 3.28. The highest BCUT2D eigenvalue weighted by atomic mass is 16.3. The van der Waals surface area contributed by atoms with Crippen LogP contribution in [0, 0.1) is 11.8 Å². The lowest BCUT2D eigenvalue weighted by molar-refractivity contribution is -0.0436. The number of allylic oxidation sites excluding steroid dienone is 2. The molecular formula is C10H16O2. The summed E-state index contributed by atoms with van der Waals surface area (Å²) < 4.78 is 0. The van der Waals surface area contributed by atoms with Gasteiger partial charge in [-0.3, -0.25) is 0 Å². The van der Waals surface area contributed by atoms with Crippen LogP contribution in [0.15, 0.2) is 12.2 Å². The van der Waals surface area contributed by atoms with Crippen molar-refractivity contribution in [1.29, 1.82) is 0 Å². The van der Waals surface area contributed by atoms with Crippen LogP contribution in [0.4, 0.5) is 0 Å². The van der Waals surface area contributed by atoms with E-state index in [1.807, 2.05) is 0 Å². The molecular weight excluding hydrogens is 152 g/mol. The van der Waals surface area contributed by atoms with Gasteiger partial charge in [0.15, 0.2) is 0 Å².